The summed E-state index contributed by atoms with van der Waals surface area (Å²) in [6.07, 6.45) is 1.61. The number of thiophene rings is 1. The summed E-state index contributed by atoms with van der Waals surface area (Å²) < 4.78 is 1.98. The highest BCUT2D eigenvalue weighted by Gasteiger charge is 2.25. The van der Waals surface area contributed by atoms with Crippen molar-refractivity contribution < 1.29 is 5.11 Å². The standard InChI is InChI=1S/C18H22N4OS/c1-11-12(2)19-17-16(15-7-5-9-24-15)13(3)20-22(17)18(11)21-8-4-6-14(23)10-21/h5,7,9,14,23H,4,6,8,10H2,1-3H3/t14-/m0/s1. The Balaban J connectivity index is 1.96. The molecule has 0 saturated carbocycles. The van der Waals surface area contributed by atoms with Gasteiger partial charge in [0.25, 0.3) is 0 Å². The lowest BCUT2D eigenvalue weighted by Crippen LogP contribution is -2.40. The molecule has 1 aliphatic heterocycles. The van der Waals surface area contributed by atoms with Gasteiger partial charge in [-0.15, -0.1) is 11.3 Å². The van der Waals surface area contributed by atoms with Crippen molar-refractivity contribution in [1.29, 1.82) is 0 Å². The minimum atomic E-state index is -0.268. The van der Waals surface area contributed by atoms with Gasteiger partial charge in [0.15, 0.2) is 5.65 Å². The molecule has 0 spiro atoms. The third-order valence-corrected chi connectivity index (χ3v) is 5.74. The summed E-state index contributed by atoms with van der Waals surface area (Å²) in [6.45, 7) is 7.80. The van der Waals surface area contributed by atoms with E-state index in [1.807, 2.05) is 11.4 Å². The molecule has 1 aliphatic rings. The van der Waals surface area contributed by atoms with E-state index in [0.29, 0.717) is 6.54 Å². The maximum atomic E-state index is 10.1. The van der Waals surface area contributed by atoms with Crippen LogP contribution in [-0.4, -0.2) is 38.9 Å². The van der Waals surface area contributed by atoms with Crippen LogP contribution in [0.4, 0.5) is 5.82 Å². The molecule has 0 unspecified atom stereocenters. The number of aryl methyl sites for hydroxylation is 2. The van der Waals surface area contributed by atoms with E-state index in [4.69, 9.17) is 10.1 Å². The van der Waals surface area contributed by atoms with Crippen molar-refractivity contribution in [1.82, 2.24) is 14.6 Å². The summed E-state index contributed by atoms with van der Waals surface area (Å²) in [7, 11) is 0. The predicted octanol–water partition coefficient (Wildman–Crippen LogP) is 3.34. The molecule has 3 aromatic rings. The minimum Gasteiger partial charge on any atom is -0.391 e. The van der Waals surface area contributed by atoms with Crippen LogP contribution in [0.2, 0.25) is 0 Å². The van der Waals surface area contributed by atoms with Crippen LogP contribution in [0.15, 0.2) is 17.5 Å². The molecule has 0 aromatic carbocycles. The lowest BCUT2D eigenvalue weighted by Gasteiger charge is -2.33. The number of aliphatic hydroxyl groups is 1. The van der Waals surface area contributed by atoms with Gasteiger partial charge in [-0.1, -0.05) is 6.07 Å². The molecule has 4 rings (SSSR count). The summed E-state index contributed by atoms with van der Waals surface area (Å²) in [6, 6.07) is 4.18. The Morgan fingerprint density at radius 3 is 2.79 bits per heavy atom. The van der Waals surface area contributed by atoms with Crippen molar-refractivity contribution in [3.63, 3.8) is 0 Å². The predicted molar refractivity (Wildman–Crippen MR) is 98.0 cm³/mol. The number of aliphatic hydroxyl groups excluding tert-OH is 1. The fourth-order valence-corrected chi connectivity index (χ4v) is 4.37. The van der Waals surface area contributed by atoms with Gasteiger partial charge in [0.1, 0.15) is 5.82 Å². The number of hydrogen-bond donors (Lipinski definition) is 1. The average Bonchev–Trinajstić information content (AvgIpc) is 3.15. The monoisotopic (exact) mass is 342 g/mol. The topological polar surface area (TPSA) is 53.7 Å². The second kappa shape index (κ2) is 5.86. The summed E-state index contributed by atoms with van der Waals surface area (Å²) in [5.74, 6) is 1.07. The van der Waals surface area contributed by atoms with Gasteiger partial charge in [0.2, 0.25) is 0 Å². The Morgan fingerprint density at radius 1 is 1.25 bits per heavy atom. The molecule has 1 atom stereocenters. The lowest BCUT2D eigenvalue weighted by molar-refractivity contribution is 0.153. The van der Waals surface area contributed by atoms with Gasteiger partial charge in [-0.25, -0.2) is 4.98 Å². The average molecular weight is 342 g/mol. The fourth-order valence-electron chi connectivity index (χ4n) is 3.56. The molecule has 1 fully saturated rings. The zero-order valence-corrected chi connectivity index (χ0v) is 15.1. The Labute approximate surface area is 145 Å². The molecule has 0 bridgehead atoms. The number of nitrogens with zero attached hydrogens (tertiary/aromatic N) is 4. The SMILES string of the molecule is Cc1nc2c(-c3cccs3)c(C)nn2c(N2CCC[C@H](O)C2)c1C. The highest BCUT2D eigenvalue weighted by molar-refractivity contribution is 7.13. The van der Waals surface area contributed by atoms with E-state index in [0.717, 1.165) is 53.4 Å². The van der Waals surface area contributed by atoms with Crippen LogP contribution in [-0.2, 0) is 0 Å². The van der Waals surface area contributed by atoms with Gasteiger partial charge < -0.3 is 10.0 Å². The van der Waals surface area contributed by atoms with Crippen molar-refractivity contribution in [2.45, 2.75) is 39.7 Å². The van der Waals surface area contributed by atoms with E-state index in [1.165, 1.54) is 4.88 Å². The first-order valence-corrected chi connectivity index (χ1v) is 9.27. The highest BCUT2D eigenvalue weighted by atomic mass is 32.1. The van der Waals surface area contributed by atoms with Gasteiger partial charge >= 0.3 is 0 Å². The van der Waals surface area contributed by atoms with E-state index >= 15 is 0 Å². The molecule has 4 heterocycles. The number of rotatable bonds is 2. The van der Waals surface area contributed by atoms with Crippen molar-refractivity contribution in [3.8, 4) is 10.4 Å². The number of piperidine rings is 1. The highest BCUT2D eigenvalue weighted by Crippen LogP contribution is 2.35. The molecular weight excluding hydrogens is 320 g/mol. The second-order valence-corrected chi connectivity index (χ2v) is 7.51. The number of aromatic nitrogens is 3. The molecule has 0 aliphatic carbocycles. The number of hydrogen-bond acceptors (Lipinski definition) is 5. The molecule has 126 valence electrons. The largest absolute Gasteiger partial charge is 0.391 e. The van der Waals surface area contributed by atoms with Gasteiger partial charge in [-0.05, 0) is 45.1 Å². The number of β-amino-alcohol motifs (C(OH)–C–C–N with tert-alkyl or cyclic N) is 1. The normalized spacial score (nSPS) is 18.5. The van der Waals surface area contributed by atoms with Crippen molar-refractivity contribution >= 4 is 22.8 Å². The first kappa shape index (κ1) is 15.6. The van der Waals surface area contributed by atoms with Crippen LogP contribution in [0.1, 0.15) is 29.8 Å². The van der Waals surface area contributed by atoms with Gasteiger partial charge in [-0.3, -0.25) is 0 Å². The second-order valence-electron chi connectivity index (χ2n) is 6.56. The lowest BCUT2D eigenvalue weighted by atomic mass is 10.1. The number of fused-ring (bicyclic) bond motifs is 1. The Kier molecular flexibility index (Phi) is 3.81. The summed E-state index contributed by atoms with van der Waals surface area (Å²) in [4.78, 5) is 8.30. The fraction of sp³-hybridized carbons (Fsp3) is 0.444. The molecule has 24 heavy (non-hydrogen) atoms. The van der Waals surface area contributed by atoms with Crippen molar-refractivity contribution in [2.24, 2.45) is 0 Å². The molecule has 6 heteroatoms. The van der Waals surface area contributed by atoms with E-state index in [1.54, 1.807) is 11.3 Å². The summed E-state index contributed by atoms with van der Waals surface area (Å²) >= 11 is 1.71. The van der Waals surface area contributed by atoms with E-state index in [2.05, 4.69) is 36.3 Å². The maximum absolute atomic E-state index is 10.1. The van der Waals surface area contributed by atoms with Gasteiger partial charge in [0.05, 0.1) is 17.4 Å². The zero-order chi connectivity index (χ0) is 16.8. The summed E-state index contributed by atoms with van der Waals surface area (Å²) in [5.41, 5.74) is 5.18. The molecule has 1 saturated heterocycles. The molecule has 0 amide bonds. The van der Waals surface area contributed by atoms with Gasteiger partial charge in [0, 0.05) is 29.2 Å². The Morgan fingerprint density at radius 2 is 2.08 bits per heavy atom. The third kappa shape index (κ3) is 2.41. The first-order valence-electron chi connectivity index (χ1n) is 8.39. The van der Waals surface area contributed by atoms with E-state index in [9.17, 15) is 5.11 Å². The molecule has 1 N–H and O–H groups in total. The van der Waals surface area contributed by atoms with Crippen LogP contribution < -0.4 is 4.90 Å². The van der Waals surface area contributed by atoms with Crippen molar-refractivity contribution in [2.75, 3.05) is 18.0 Å². The van der Waals surface area contributed by atoms with Crippen LogP contribution in [0.25, 0.3) is 16.1 Å². The molecule has 3 aromatic heterocycles. The molecule has 5 nitrogen and oxygen atoms in total. The minimum absolute atomic E-state index is 0.268. The van der Waals surface area contributed by atoms with Crippen LogP contribution in [0.5, 0.6) is 0 Å². The van der Waals surface area contributed by atoms with Crippen LogP contribution in [0.3, 0.4) is 0 Å². The molecular formula is C18H22N4OS. The van der Waals surface area contributed by atoms with E-state index < -0.39 is 0 Å². The van der Waals surface area contributed by atoms with Crippen molar-refractivity contribution in [3.05, 3.63) is 34.5 Å². The van der Waals surface area contributed by atoms with Gasteiger partial charge in [-0.2, -0.15) is 9.61 Å². The third-order valence-electron chi connectivity index (χ3n) is 4.85. The maximum Gasteiger partial charge on any atom is 0.166 e. The zero-order valence-electron chi connectivity index (χ0n) is 14.3. The quantitative estimate of drug-likeness (QED) is 0.776. The summed E-state index contributed by atoms with van der Waals surface area (Å²) in [5, 5.41) is 17.0. The van der Waals surface area contributed by atoms with E-state index in [-0.39, 0.29) is 6.10 Å². The van der Waals surface area contributed by atoms with Crippen LogP contribution >= 0.6 is 11.3 Å². The first-order chi connectivity index (χ1) is 11.6. The number of anilines is 1. The molecule has 0 radical (unpaired) electrons. The Hall–Kier alpha value is -1.92. The Bertz CT molecular complexity index is 884. The smallest absolute Gasteiger partial charge is 0.166 e. The van der Waals surface area contributed by atoms with Crippen LogP contribution in [0, 0.1) is 20.8 Å².